The Balaban J connectivity index is 4.62. The number of allylic oxidation sites excluding steroid dienone is 12. The van der Waals surface area contributed by atoms with Crippen LogP contribution < -0.4 is 5.32 Å². The summed E-state index contributed by atoms with van der Waals surface area (Å²) in [6.07, 6.45) is 63.9. The maximum Gasteiger partial charge on any atom is 0.306 e. The average Bonchev–Trinajstić information content (AvgIpc) is 3.28. The van der Waals surface area contributed by atoms with Crippen molar-refractivity contribution in [1.82, 2.24) is 5.32 Å². The lowest BCUT2D eigenvalue weighted by Crippen LogP contribution is -2.46. The number of hydrogen-bond acceptors (Lipinski definition) is 5. The highest BCUT2D eigenvalue weighted by Crippen LogP contribution is 2.18. The highest BCUT2D eigenvalue weighted by atomic mass is 16.5. The number of esters is 1. The summed E-state index contributed by atoms with van der Waals surface area (Å²) >= 11 is 0. The zero-order valence-electron chi connectivity index (χ0n) is 41.4. The van der Waals surface area contributed by atoms with Gasteiger partial charge >= 0.3 is 5.97 Å². The summed E-state index contributed by atoms with van der Waals surface area (Å²) in [5.41, 5.74) is 0. The van der Waals surface area contributed by atoms with Gasteiger partial charge in [-0.15, -0.1) is 0 Å². The molecule has 0 radical (unpaired) electrons. The largest absolute Gasteiger partial charge is 0.462 e. The van der Waals surface area contributed by atoms with E-state index in [9.17, 15) is 19.8 Å². The SMILES string of the molecule is CC/C=C/C=C/C=C\C=C/C=C/CCCCCC(=O)OC(CCCCCCC/C=C\CCCCCC)CC(=O)NC(CO)C(O)CCCCCCCCCCCCCCCCCC. The topological polar surface area (TPSA) is 95.9 Å². The normalized spacial score (nSPS) is 13.8. The predicted molar refractivity (Wildman–Crippen MR) is 273 cm³/mol. The maximum atomic E-state index is 13.2. The summed E-state index contributed by atoms with van der Waals surface area (Å²) in [6, 6.07) is -0.716. The van der Waals surface area contributed by atoms with Gasteiger partial charge in [0, 0.05) is 6.42 Å². The second-order valence-corrected chi connectivity index (χ2v) is 18.0. The number of rotatable bonds is 47. The zero-order chi connectivity index (χ0) is 45.9. The van der Waals surface area contributed by atoms with Gasteiger partial charge in [0.2, 0.25) is 5.91 Å². The fraction of sp³-hybridized carbons (Fsp3) is 0.754. The molecule has 0 saturated carbocycles. The fourth-order valence-corrected chi connectivity index (χ4v) is 7.86. The Kier molecular flexibility index (Phi) is 48.1. The van der Waals surface area contributed by atoms with Crippen LogP contribution >= 0.6 is 0 Å². The molecule has 3 atom stereocenters. The second-order valence-electron chi connectivity index (χ2n) is 18.0. The number of aliphatic hydroxyl groups is 2. The van der Waals surface area contributed by atoms with Gasteiger partial charge in [0.05, 0.1) is 25.2 Å². The fourth-order valence-electron chi connectivity index (χ4n) is 7.86. The van der Waals surface area contributed by atoms with Crippen LogP contribution in [0.2, 0.25) is 0 Å². The first-order valence-electron chi connectivity index (χ1n) is 26.7. The third-order valence-corrected chi connectivity index (χ3v) is 11.9. The first kappa shape index (κ1) is 60.3. The van der Waals surface area contributed by atoms with E-state index in [1.165, 1.54) is 128 Å². The molecule has 0 fully saturated rings. The van der Waals surface area contributed by atoms with Crippen molar-refractivity contribution < 1.29 is 24.5 Å². The predicted octanol–water partition coefficient (Wildman–Crippen LogP) is 16.2. The summed E-state index contributed by atoms with van der Waals surface area (Å²) < 4.78 is 5.91. The molecule has 0 aromatic rings. The lowest BCUT2D eigenvalue weighted by Gasteiger charge is -2.24. The van der Waals surface area contributed by atoms with Crippen molar-refractivity contribution in [1.29, 1.82) is 0 Å². The number of hydrogen-bond donors (Lipinski definition) is 3. The van der Waals surface area contributed by atoms with E-state index in [0.717, 1.165) is 77.0 Å². The number of amides is 1. The monoisotopic (exact) mass is 880 g/mol. The van der Waals surface area contributed by atoms with Gasteiger partial charge in [-0.05, 0) is 70.6 Å². The highest BCUT2D eigenvalue weighted by molar-refractivity contribution is 5.77. The first-order chi connectivity index (χ1) is 31.0. The lowest BCUT2D eigenvalue weighted by molar-refractivity contribution is -0.151. The molecule has 0 aliphatic carbocycles. The van der Waals surface area contributed by atoms with Crippen LogP contribution in [-0.2, 0) is 14.3 Å². The zero-order valence-corrected chi connectivity index (χ0v) is 41.4. The molecule has 0 spiro atoms. The van der Waals surface area contributed by atoms with Crippen LogP contribution in [0.25, 0.3) is 0 Å². The van der Waals surface area contributed by atoms with Gasteiger partial charge in [0.25, 0.3) is 0 Å². The van der Waals surface area contributed by atoms with Crippen LogP contribution in [0.5, 0.6) is 0 Å². The van der Waals surface area contributed by atoms with Crippen molar-refractivity contribution in [2.75, 3.05) is 6.61 Å². The van der Waals surface area contributed by atoms with Crippen LogP contribution in [0.4, 0.5) is 0 Å². The summed E-state index contributed by atoms with van der Waals surface area (Å²) in [5, 5.41) is 23.8. The number of ether oxygens (including phenoxy) is 1. The Hall–Kier alpha value is -2.70. The molecule has 1 amide bonds. The minimum atomic E-state index is -0.800. The Bertz CT molecular complexity index is 1170. The van der Waals surface area contributed by atoms with Crippen molar-refractivity contribution in [3.8, 4) is 0 Å². The molecule has 0 heterocycles. The minimum absolute atomic E-state index is 0.0523. The number of unbranched alkanes of at least 4 members (excludes halogenated alkanes) is 27. The quantitative estimate of drug-likeness (QED) is 0.0245. The van der Waals surface area contributed by atoms with E-state index < -0.39 is 18.2 Å². The first-order valence-corrected chi connectivity index (χ1v) is 26.7. The van der Waals surface area contributed by atoms with E-state index in [2.05, 4.69) is 62.5 Å². The molecule has 3 unspecified atom stereocenters. The Labute approximate surface area is 390 Å². The molecule has 0 aliphatic rings. The molecular formula is C57H101NO5. The molecular weight excluding hydrogens is 779 g/mol. The van der Waals surface area contributed by atoms with Gasteiger partial charge in [-0.2, -0.15) is 0 Å². The summed E-state index contributed by atoms with van der Waals surface area (Å²) in [4.78, 5) is 26.2. The highest BCUT2D eigenvalue weighted by Gasteiger charge is 2.24. The van der Waals surface area contributed by atoms with E-state index in [1.54, 1.807) is 0 Å². The van der Waals surface area contributed by atoms with Gasteiger partial charge in [-0.3, -0.25) is 9.59 Å². The Morgan fingerprint density at radius 2 is 0.873 bits per heavy atom. The molecule has 0 bridgehead atoms. The summed E-state index contributed by atoms with van der Waals surface area (Å²) in [5.74, 6) is -0.530. The number of nitrogens with one attached hydrogen (secondary N) is 1. The average molecular weight is 880 g/mol. The number of aliphatic hydroxyl groups excluding tert-OH is 2. The van der Waals surface area contributed by atoms with Gasteiger partial charge in [-0.1, -0.05) is 241 Å². The Morgan fingerprint density at radius 3 is 1.37 bits per heavy atom. The molecule has 6 nitrogen and oxygen atoms in total. The standard InChI is InChI=1S/C57H101NO5/c1-4-7-10-13-16-19-22-25-27-29-31-34-37-40-43-46-49-55(60)54(52-59)58-56(61)51-53(48-45-42-39-36-33-30-24-21-18-15-12-9-6-3)63-57(62)50-47-44-41-38-35-32-28-26-23-20-17-14-11-8-5-2/h8,11,14,17,20-21,23-24,26,28,32,35,53-55,59-60H,4-7,9-10,12-13,15-16,18-19,22,25,27,29-31,33-34,36-52H2,1-3H3,(H,58,61)/b11-8+,17-14+,23-20-,24-21-,28-26-,35-32+. The van der Waals surface area contributed by atoms with Crippen molar-refractivity contribution in [2.24, 2.45) is 0 Å². The Morgan fingerprint density at radius 1 is 0.476 bits per heavy atom. The van der Waals surface area contributed by atoms with E-state index >= 15 is 0 Å². The van der Waals surface area contributed by atoms with Crippen LogP contribution in [0.15, 0.2) is 72.9 Å². The van der Waals surface area contributed by atoms with Gasteiger partial charge in [0.1, 0.15) is 6.10 Å². The minimum Gasteiger partial charge on any atom is -0.462 e. The van der Waals surface area contributed by atoms with Crippen molar-refractivity contribution in [2.45, 2.75) is 270 Å². The summed E-state index contributed by atoms with van der Waals surface area (Å²) in [6.45, 7) is 6.33. The molecule has 3 N–H and O–H groups in total. The van der Waals surface area contributed by atoms with Gasteiger partial charge in [-0.25, -0.2) is 0 Å². The van der Waals surface area contributed by atoms with E-state index in [0.29, 0.717) is 19.3 Å². The molecule has 0 saturated heterocycles. The molecule has 0 aliphatic heterocycles. The number of carbonyl (C=O) groups is 2. The number of carbonyl (C=O) groups excluding carboxylic acids is 2. The van der Waals surface area contributed by atoms with Crippen molar-refractivity contribution >= 4 is 11.9 Å². The van der Waals surface area contributed by atoms with E-state index in [-0.39, 0.29) is 24.9 Å². The van der Waals surface area contributed by atoms with Gasteiger partial charge in [0.15, 0.2) is 0 Å². The molecule has 6 heteroatoms. The smallest absolute Gasteiger partial charge is 0.306 e. The molecule has 0 rings (SSSR count). The molecule has 0 aromatic carbocycles. The van der Waals surface area contributed by atoms with Crippen LogP contribution in [0, 0.1) is 0 Å². The van der Waals surface area contributed by atoms with Gasteiger partial charge < -0.3 is 20.3 Å². The van der Waals surface area contributed by atoms with E-state index in [4.69, 9.17) is 4.74 Å². The van der Waals surface area contributed by atoms with Crippen LogP contribution in [0.1, 0.15) is 252 Å². The summed E-state index contributed by atoms with van der Waals surface area (Å²) in [7, 11) is 0. The van der Waals surface area contributed by atoms with Crippen molar-refractivity contribution in [3.05, 3.63) is 72.9 Å². The van der Waals surface area contributed by atoms with Crippen LogP contribution in [-0.4, -0.2) is 46.9 Å². The molecule has 364 valence electrons. The maximum absolute atomic E-state index is 13.2. The molecule has 0 aromatic heterocycles. The lowest BCUT2D eigenvalue weighted by atomic mass is 10.0. The van der Waals surface area contributed by atoms with Crippen LogP contribution in [0.3, 0.4) is 0 Å². The third-order valence-electron chi connectivity index (χ3n) is 11.9. The molecule has 63 heavy (non-hydrogen) atoms. The third kappa shape index (κ3) is 45.7. The second kappa shape index (κ2) is 50.3. The van der Waals surface area contributed by atoms with Crippen molar-refractivity contribution in [3.63, 3.8) is 0 Å². The van der Waals surface area contributed by atoms with E-state index in [1.807, 2.05) is 36.5 Å².